The van der Waals surface area contributed by atoms with E-state index in [1.165, 1.54) is 7.11 Å². The molecule has 1 unspecified atom stereocenters. The topological polar surface area (TPSA) is 64.1 Å². The van der Waals surface area contributed by atoms with Gasteiger partial charge in [0.15, 0.2) is 0 Å². The van der Waals surface area contributed by atoms with Crippen LogP contribution in [0.1, 0.15) is 11.4 Å². The molecule has 15 heavy (non-hydrogen) atoms. The van der Waals surface area contributed by atoms with E-state index >= 15 is 0 Å². The molecule has 1 aromatic rings. The molecule has 82 valence electrons. The zero-order valence-electron chi connectivity index (χ0n) is 8.27. The lowest BCUT2D eigenvalue weighted by atomic mass is 10.1. The lowest BCUT2D eigenvalue weighted by Gasteiger charge is -2.21. The smallest absolute Gasteiger partial charge is 0.323 e. The van der Waals surface area contributed by atoms with Crippen molar-refractivity contribution < 1.29 is 9.53 Å². The maximum atomic E-state index is 11.2. The minimum atomic E-state index is -0.288. The number of carbonyl (C=O) groups is 1. The van der Waals surface area contributed by atoms with E-state index in [0.717, 1.165) is 11.4 Å². The summed E-state index contributed by atoms with van der Waals surface area (Å²) in [5.74, 6) is -0.249. The maximum absolute atomic E-state index is 11.2. The van der Waals surface area contributed by atoms with Crippen LogP contribution in [0.4, 0.5) is 0 Å². The zero-order valence-corrected chi connectivity index (χ0v) is 9.08. The molecule has 0 radical (unpaired) electrons. The molecule has 1 aliphatic rings. The fourth-order valence-electron chi connectivity index (χ4n) is 1.51. The van der Waals surface area contributed by atoms with Crippen LogP contribution >= 0.6 is 12.4 Å². The monoisotopic (exact) mass is 229 g/mol. The normalized spacial score (nSPS) is 18.6. The van der Waals surface area contributed by atoms with Gasteiger partial charge in [0.05, 0.1) is 18.5 Å². The quantitative estimate of drug-likeness (QED) is 0.692. The molecule has 0 bridgehead atoms. The van der Waals surface area contributed by atoms with Crippen molar-refractivity contribution >= 4 is 18.4 Å². The van der Waals surface area contributed by atoms with Crippen LogP contribution in [-0.2, 0) is 22.5 Å². The summed E-state index contributed by atoms with van der Waals surface area (Å²) in [7, 11) is 1.39. The SMILES string of the molecule is COC(=O)C1Cc2nccnc2CN1.Cl. The Morgan fingerprint density at radius 2 is 2.13 bits per heavy atom. The van der Waals surface area contributed by atoms with E-state index in [4.69, 9.17) is 0 Å². The van der Waals surface area contributed by atoms with Gasteiger partial charge >= 0.3 is 5.97 Å². The van der Waals surface area contributed by atoms with Gasteiger partial charge in [-0.3, -0.25) is 20.1 Å². The van der Waals surface area contributed by atoms with Gasteiger partial charge in [0.2, 0.25) is 0 Å². The average molecular weight is 230 g/mol. The van der Waals surface area contributed by atoms with Gasteiger partial charge in [0.1, 0.15) is 6.04 Å². The first kappa shape index (κ1) is 11.9. The molecule has 1 aromatic heterocycles. The summed E-state index contributed by atoms with van der Waals surface area (Å²) < 4.78 is 4.66. The minimum absolute atomic E-state index is 0. The third kappa shape index (κ3) is 2.43. The Bertz CT molecular complexity index is 359. The van der Waals surface area contributed by atoms with E-state index in [1.54, 1.807) is 12.4 Å². The first-order valence-corrected chi connectivity index (χ1v) is 4.41. The van der Waals surface area contributed by atoms with Crippen molar-refractivity contribution in [1.29, 1.82) is 0 Å². The molecule has 5 nitrogen and oxygen atoms in total. The van der Waals surface area contributed by atoms with Crippen molar-refractivity contribution in [2.75, 3.05) is 7.11 Å². The highest BCUT2D eigenvalue weighted by Gasteiger charge is 2.25. The van der Waals surface area contributed by atoms with Crippen LogP contribution in [0.15, 0.2) is 12.4 Å². The molecule has 6 heteroatoms. The van der Waals surface area contributed by atoms with Gasteiger partial charge in [-0.05, 0) is 0 Å². The Labute approximate surface area is 93.7 Å². The molecule has 0 aromatic carbocycles. The lowest BCUT2D eigenvalue weighted by Crippen LogP contribution is -2.43. The molecule has 1 aliphatic heterocycles. The van der Waals surface area contributed by atoms with Crippen molar-refractivity contribution in [3.8, 4) is 0 Å². The number of hydrogen-bond donors (Lipinski definition) is 1. The second-order valence-electron chi connectivity index (χ2n) is 3.11. The molecular weight excluding hydrogens is 218 g/mol. The standard InChI is InChI=1S/C9H11N3O2.ClH/c1-14-9(13)7-4-6-8(5-12-7)11-3-2-10-6;/h2-3,7,12H,4-5H2,1H3;1H. The lowest BCUT2D eigenvalue weighted by molar-refractivity contribution is -0.143. The van der Waals surface area contributed by atoms with Crippen molar-refractivity contribution in [2.45, 2.75) is 19.0 Å². The van der Waals surface area contributed by atoms with E-state index in [2.05, 4.69) is 20.0 Å². The fourth-order valence-corrected chi connectivity index (χ4v) is 1.51. The number of ether oxygens (including phenoxy) is 1. The van der Waals surface area contributed by atoms with Gasteiger partial charge in [0.25, 0.3) is 0 Å². The predicted octanol–water partition coefficient (Wildman–Crippen LogP) is 0.0857. The van der Waals surface area contributed by atoms with Crippen molar-refractivity contribution in [2.24, 2.45) is 0 Å². The number of rotatable bonds is 1. The maximum Gasteiger partial charge on any atom is 0.323 e. The number of esters is 1. The summed E-state index contributed by atoms with van der Waals surface area (Å²) in [5.41, 5.74) is 1.79. The fraction of sp³-hybridized carbons (Fsp3) is 0.444. The number of nitrogens with one attached hydrogen (secondary N) is 1. The molecule has 2 heterocycles. The Hall–Kier alpha value is -1.20. The van der Waals surface area contributed by atoms with Crippen LogP contribution in [0.5, 0.6) is 0 Å². The molecule has 2 rings (SSSR count). The molecule has 0 amide bonds. The van der Waals surface area contributed by atoms with E-state index in [9.17, 15) is 4.79 Å². The summed E-state index contributed by atoms with van der Waals surface area (Å²) in [4.78, 5) is 19.6. The van der Waals surface area contributed by atoms with Crippen LogP contribution in [0, 0.1) is 0 Å². The number of carbonyl (C=O) groups excluding carboxylic acids is 1. The summed E-state index contributed by atoms with van der Waals surface area (Å²) in [6.45, 7) is 0.572. The first-order chi connectivity index (χ1) is 6.81. The summed E-state index contributed by atoms with van der Waals surface area (Å²) >= 11 is 0. The summed E-state index contributed by atoms with van der Waals surface area (Å²) in [6.07, 6.45) is 3.84. The number of hydrogen-bond acceptors (Lipinski definition) is 5. The number of fused-ring (bicyclic) bond motifs is 1. The van der Waals surface area contributed by atoms with Gasteiger partial charge in [-0.15, -0.1) is 12.4 Å². The van der Waals surface area contributed by atoms with Crippen molar-refractivity contribution in [3.63, 3.8) is 0 Å². The third-order valence-corrected chi connectivity index (χ3v) is 2.26. The van der Waals surface area contributed by atoms with E-state index in [0.29, 0.717) is 13.0 Å². The van der Waals surface area contributed by atoms with Gasteiger partial charge in [-0.2, -0.15) is 0 Å². The molecule has 0 saturated heterocycles. The number of methoxy groups -OCH3 is 1. The second-order valence-corrected chi connectivity index (χ2v) is 3.11. The first-order valence-electron chi connectivity index (χ1n) is 4.41. The van der Waals surface area contributed by atoms with Gasteiger partial charge in [-0.1, -0.05) is 0 Å². The summed E-state index contributed by atoms with van der Waals surface area (Å²) in [5, 5.41) is 3.05. The van der Waals surface area contributed by atoms with Crippen molar-refractivity contribution in [1.82, 2.24) is 15.3 Å². The number of nitrogens with zero attached hydrogens (tertiary/aromatic N) is 2. The zero-order chi connectivity index (χ0) is 9.97. The molecular formula is C9H12ClN3O2. The molecule has 1 atom stereocenters. The van der Waals surface area contributed by atoms with Crippen LogP contribution < -0.4 is 5.32 Å². The van der Waals surface area contributed by atoms with Gasteiger partial charge < -0.3 is 4.74 Å². The summed E-state index contributed by atoms with van der Waals surface area (Å²) in [6, 6.07) is -0.288. The highest BCUT2D eigenvalue weighted by Crippen LogP contribution is 2.11. The molecule has 0 fully saturated rings. The molecule has 0 aliphatic carbocycles. The average Bonchev–Trinajstić information content (AvgIpc) is 2.27. The van der Waals surface area contributed by atoms with E-state index < -0.39 is 0 Å². The Balaban J connectivity index is 0.00000112. The Morgan fingerprint density at radius 1 is 1.47 bits per heavy atom. The van der Waals surface area contributed by atoms with Crippen molar-refractivity contribution in [3.05, 3.63) is 23.8 Å². The molecule has 0 saturated carbocycles. The minimum Gasteiger partial charge on any atom is -0.468 e. The molecule has 1 N–H and O–H groups in total. The van der Waals surface area contributed by atoms with E-state index in [-0.39, 0.29) is 24.4 Å². The molecule has 0 spiro atoms. The highest BCUT2D eigenvalue weighted by atomic mass is 35.5. The Kier molecular flexibility index (Phi) is 3.99. The van der Waals surface area contributed by atoms with Crippen LogP contribution in [0.2, 0.25) is 0 Å². The second kappa shape index (κ2) is 5.04. The predicted molar refractivity (Wildman–Crippen MR) is 55.6 cm³/mol. The largest absolute Gasteiger partial charge is 0.468 e. The third-order valence-electron chi connectivity index (χ3n) is 2.26. The number of aromatic nitrogens is 2. The van der Waals surface area contributed by atoms with Gasteiger partial charge in [0, 0.05) is 25.4 Å². The van der Waals surface area contributed by atoms with Crippen LogP contribution in [0.25, 0.3) is 0 Å². The Morgan fingerprint density at radius 3 is 2.80 bits per heavy atom. The highest BCUT2D eigenvalue weighted by molar-refractivity contribution is 5.85. The van der Waals surface area contributed by atoms with Crippen LogP contribution in [-0.4, -0.2) is 29.1 Å². The van der Waals surface area contributed by atoms with Crippen LogP contribution in [0.3, 0.4) is 0 Å². The number of halogens is 1. The van der Waals surface area contributed by atoms with E-state index in [1.807, 2.05) is 0 Å². The van der Waals surface area contributed by atoms with Gasteiger partial charge in [-0.25, -0.2) is 0 Å².